The summed E-state index contributed by atoms with van der Waals surface area (Å²) in [5.41, 5.74) is 1.43. The van der Waals surface area contributed by atoms with Gasteiger partial charge in [0.2, 0.25) is 0 Å². The van der Waals surface area contributed by atoms with Crippen LogP contribution < -0.4 is 5.32 Å². The van der Waals surface area contributed by atoms with Gasteiger partial charge in [0.1, 0.15) is 0 Å². The number of hydrogen-bond acceptors (Lipinski definition) is 3. The molecule has 0 spiro atoms. The molecule has 1 aromatic rings. The highest BCUT2D eigenvalue weighted by Crippen LogP contribution is 2.35. The van der Waals surface area contributed by atoms with E-state index in [1.165, 1.54) is 42.5 Å². The largest absolute Gasteiger partial charge is 0.348 e. The summed E-state index contributed by atoms with van der Waals surface area (Å²) in [5, 5.41) is 3.31. The van der Waals surface area contributed by atoms with Crippen molar-refractivity contribution in [2.75, 3.05) is 7.05 Å². The fraction of sp³-hybridized carbons (Fsp3) is 0.706. The molecular weight excluding hydrogens is 280 g/mol. The minimum Gasteiger partial charge on any atom is -0.348 e. The predicted molar refractivity (Wildman–Crippen MR) is 86.0 cm³/mol. The fourth-order valence-corrected chi connectivity index (χ4v) is 5.55. The first-order valence-electron chi connectivity index (χ1n) is 8.35. The SMILES string of the molecule is CN1C2CCC1CC(NC(=O)c1cc3c(s1)CCCC3)C2. The highest BCUT2D eigenvalue weighted by atomic mass is 32.1. The molecule has 1 amide bonds. The summed E-state index contributed by atoms with van der Waals surface area (Å²) >= 11 is 1.73. The summed E-state index contributed by atoms with van der Waals surface area (Å²) in [6, 6.07) is 3.90. The Bertz CT molecular complexity index is 515. The van der Waals surface area contributed by atoms with Gasteiger partial charge in [0.25, 0.3) is 5.91 Å². The zero-order valence-corrected chi connectivity index (χ0v) is 13.5. The Morgan fingerprint density at radius 1 is 1.24 bits per heavy atom. The van der Waals surface area contributed by atoms with Crippen molar-refractivity contribution in [1.82, 2.24) is 10.2 Å². The lowest BCUT2D eigenvalue weighted by Crippen LogP contribution is -2.48. The molecule has 2 fully saturated rings. The molecule has 0 saturated carbocycles. The van der Waals surface area contributed by atoms with E-state index >= 15 is 0 Å². The van der Waals surface area contributed by atoms with Crippen LogP contribution in [0.4, 0.5) is 0 Å². The monoisotopic (exact) mass is 304 g/mol. The standard InChI is InChI=1S/C17H24N2OS/c1-19-13-6-7-14(19)10-12(9-13)18-17(20)16-8-11-4-2-3-5-15(11)21-16/h8,12-14H,2-7,9-10H2,1H3,(H,18,20). The van der Waals surface area contributed by atoms with Gasteiger partial charge in [0, 0.05) is 23.0 Å². The molecule has 114 valence electrons. The number of nitrogens with one attached hydrogen (secondary N) is 1. The molecule has 3 nitrogen and oxygen atoms in total. The topological polar surface area (TPSA) is 32.3 Å². The second-order valence-corrected chi connectivity index (χ2v) is 8.10. The summed E-state index contributed by atoms with van der Waals surface area (Å²) < 4.78 is 0. The van der Waals surface area contributed by atoms with Crippen molar-refractivity contribution in [3.05, 3.63) is 21.4 Å². The first kappa shape index (κ1) is 13.8. The van der Waals surface area contributed by atoms with E-state index in [2.05, 4.69) is 23.3 Å². The van der Waals surface area contributed by atoms with Gasteiger partial charge < -0.3 is 10.2 Å². The van der Waals surface area contributed by atoms with Gasteiger partial charge in [-0.1, -0.05) is 0 Å². The Hall–Kier alpha value is -0.870. The van der Waals surface area contributed by atoms with Crippen molar-refractivity contribution in [2.45, 2.75) is 69.5 Å². The van der Waals surface area contributed by atoms with Gasteiger partial charge in [-0.25, -0.2) is 0 Å². The molecule has 2 unspecified atom stereocenters. The first-order chi connectivity index (χ1) is 10.2. The van der Waals surface area contributed by atoms with Crippen LogP contribution in [0.2, 0.25) is 0 Å². The summed E-state index contributed by atoms with van der Waals surface area (Å²) in [6.45, 7) is 0. The van der Waals surface area contributed by atoms with Crippen LogP contribution in [0.5, 0.6) is 0 Å². The van der Waals surface area contributed by atoms with Crippen molar-refractivity contribution < 1.29 is 4.79 Å². The van der Waals surface area contributed by atoms with Gasteiger partial charge in [0.05, 0.1) is 4.88 Å². The second kappa shape index (κ2) is 5.40. The molecule has 2 aliphatic heterocycles. The summed E-state index contributed by atoms with van der Waals surface area (Å²) in [4.78, 5) is 17.4. The predicted octanol–water partition coefficient (Wildman–Crippen LogP) is 2.98. The highest BCUT2D eigenvalue weighted by molar-refractivity contribution is 7.14. The molecule has 21 heavy (non-hydrogen) atoms. The molecule has 1 aromatic heterocycles. The third kappa shape index (κ3) is 2.53. The van der Waals surface area contributed by atoms with Crippen LogP contribution in [0.25, 0.3) is 0 Å². The van der Waals surface area contributed by atoms with E-state index in [-0.39, 0.29) is 5.91 Å². The fourth-order valence-electron chi connectivity index (χ4n) is 4.39. The highest BCUT2D eigenvalue weighted by Gasteiger charge is 2.38. The molecule has 4 heteroatoms. The molecule has 2 atom stereocenters. The quantitative estimate of drug-likeness (QED) is 0.911. The molecule has 4 rings (SSSR count). The van der Waals surface area contributed by atoms with Crippen molar-refractivity contribution in [3.8, 4) is 0 Å². The van der Waals surface area contributed by atoms with E-state index in [9.17, 15) is 4.79 Å². The number of rotatable bonds is 2. The molecule has 1 N–H and O–H groups in total. The van der Waals surface area contributed by atoms with Gasteiger partial charge in [-0.3, -0.25) is 4.79 Å². The number of nitrogens with zero attached hydrogens (tertiary/aromatic N) is 1. The molecule has 2 saturated heterocycles. The zero-order chi connectivity index (χ0) is 14.4. The van der Waals surface area contributed by atoms with Crippen molar-refractivity contribution in [1.29, 1.82) is 0 Å². The third-order valence-electron chi connectivity index (χ3n) is 5.65. The van der Waals surface area contributed by atoms with Crippen LogP contribution in [-0.2, 0) is 12.8 Å². The lowest BCUT2D eigenvalue weighted by Gasteiger charge is -2.36. The molecule has 1 aliphatic carbocycles. The number of hydrogen-bond donors (Lipinski definition) is 1. The second-order valence-electron chi connectivity index (χ2n) is 6.96. The summed E-state index contributed by atoms with van der Waals surface area (Å²) in [5.74, 6) is 0.170. The summed E-state index contributed by atoms with van der Waals surface area (Å²) in [7, 11) is 2.24. The van der Waals surface area contributed by atoms with E-state index in [4.69, 9.17) is 0 Å². The number of thiophene rings is 1. The average Bonchev–Trinajstić information content (AvgIpc) is 2.98. The Labute approximate surface area is 130 Å². The maximum Gasteiger partial charge on any atom is 0.261 e. The van der Waals surface area contributed by atoms with Crippen LogP contribution in [0.3, 0.4) is 0 Å². The number of carbonyl (C=O) groups is 1. The lowest BCUT2D eigenvalue weighted by atomic mass is 9.97. The Balaban J connectivity index is 1.43. The van der Waals surface area contributed by atoms with Crippen LogP contribution in [0, 0.1) is 0 Å². The molecule has 0 radical (unpaired) electrons. The van der Waals surface area contributed by atoms with Crippen LogP contribution >= 0.6 is 11.3 Å². The van der Waals surface area contributed by atoms with Crippen LogP contribution in [0.1, 0.15) is 58.6 Å². The van der Waals surface area contributed by atoms with Gasteiger partial charge in [-0.15, -0.1) is 11.3 Å². The van der Waals surface area contributed by atoms with E-state index in [1.807, 2.05) is 0 Å². The van der Waals surface area contributed by atoms with Crippen LogP contribution in [0.15, 0.2) is 6.07 Å². The van der Waals surface area contributed by atoms with Crippen LogP contribution in [-0.4, -0.2) is 36.0 Å². The molecule has 3 aliphatic rings. The van der Waals surface area contributed by atoms with Crippen molar-refractivity contribution in [2.24, 2.45) is 0 Å². The minimum atomic E-state index is 0.170. The van der Waals surface area contributed by atoms with E-state index < -0.39 is 0 Å². The van der Waals surface area contributed by atoms with Gasteiger partial charge in [-0.2, -0.15) is 0 Å². The maximum atomic E-state index is 12.5. The smallest absolute Gasteiger partial charge is 0.261 e. The normalized spacial score (nSPS) is 32.0. The van der Waals surface area contributed by atoms with E-state index in [0.29, 0.717) is 18.1 Å². The number of aryl methyl sites for hydroxylation is 2. The van der Waals surface area contributed by atoms with Gasteiger partial charge >= 0.3 is 0 Å². The third-order valence-corrected chi connectivity index (χ3v) is 6.89. The molecule has 0 aromatic carbocycles. The summed E-state index contributed by atoms with van der Waals surface area (Å²) in [6.07, 6.45) is 9.77. The average molecular weight is 304 g/mol. The van der Waals surface area contributed by atoms with Crippen molar-refractivity contribution >= 4 is 17.2 Å². The minimum absolute atomic E-state index is 0.170. The first-order valence-corrected chi connectivity index (χ1v) is 9.17. The van der Waals surface area contributed by atoms with E-state index in [1.54, 1.807) is 11.3 Å². The van der Waals surface area contributed by atoms with Crippen molar-refractivity contribution in [3.63, 3.8) is 0 Å². The number of fused-ring (bicyclic) bond motifs is 3. The lowest BCUT2D eigenvalue weighted by molar-refractivity contribution is 0.0886. The zero-order valence-electron chi connectivity index (χ0n) is 12.7. The number of piperidine rings is 1. The Kier molecular flexibility index (Phi) is 3.54. The molecule has 3 heterocycles. The Morgan fingerprint density at radius 3 is 2.67 bits per heavy atom. The van der Waals surface area contributed by atoms with Gasteiger partial charge in [0.15, 0.2) is 0 Å². The van der Waals surface area contributed by atoms with E-state index in [0.717, 1.165) is 24.1 Å². The number of carbonyl (C=O) groups excluding carboxylic acids is 1. The molecule has 2 bridgehead atoms. The Morgan fingerprint density at radius 2 is 1.95 bits per heavy atom. The van der Waals surface area contributed by atoms with Gasteiger partial charge in [-0.05, 0) is 70.0 Å². The molecular formula is C17H24N2OS. The number of amides is 1. The maximum absolute atomic E-state index is 12.5.